The highest BCUT2D eigenvalue weighted by atomic mass is 32.1. The maximum Gasteiger partial charge on any atom is 0.127 e. The Bertz CT molecular complexity index is 258. The molecule has 1 aromatic rings. The highest BCUT2D eigenvalue weighted by Gasteiger charge is 2.17. The molecule has 2 rings (SSSR count). The molecule has 2 atom stereocenters. The quantitative estimate of drug-likeness (QED) is 0.626. The van der Waals surface area contributed by atoms with E-state index in [1.54, 1.807) is 14.7 Å². The summed E-state index contributed by atoms with van der Waals surface area (Å²) in [6.07, 6.45) is 1.38. The molecule has 1 aliphatic rings. The standard InChI is InChI=1S/C11H18N2S/c1-12-5-3-6-13(8-7-12)10-11-4-2-9-14-11/h2,4,9H,3,5-8,10H2,1H3/p+2. The van der Waals surface area contributed by atoms with Crippen LogP contribution in [-0.4, -0.2) is 33.2 Å². The highest BCUT2D eigenvalue weighted by molar-refractivity contribution is 7.09. The minimum Gasteiger partial charge on any atom is -0.333 e. The molecule has 14 heavy (non-hydrogen) atoms. The normalized spacial score (nSPS) is 28.6. The fraction of sp³-hybridized carbons (Fsp3) is 0.636. The van der Waals surface area contributed by atoms with Crippen molar-refractivity contribution in [2.24, 2.45) is 0 Å². The molecule has 78 valence electrons. The molecule has 0 aliphatic carbocycles. The second-order valence-electron chi connectivity index (χ2n) is 4.32. The van der Waals surface area contributed by atoms with E-state index in [1.807, 2.05) is 11.3 Å². The van der Waals surface area contributed by atoms with Crippen LogP contribution in [0.4, 0.5) is 0 Å². The van der Waals surface area contributed by atoms with Crippen molar-refractivity contribution in [1.82, 2.24) is 0 Å². The van der Waals surface area contributed by atoms with Crippen LogP contribution in [0.25, 0.3) is 0 Å². The van der Waals surface area contributed by atoms with E-state index >= 15 is 0 Å². The molecule has 1 fully saturated rings. The molecule has 0 amide bonds. The predicted octanol–water partition coefficient (Wildman–Crippen LogP) is -0.949. The van der Waals surface area contributed by atoms with Gasteiger partial charge in [-0.1, -0.05) is 6.07 Å². The smallest absolute Gasteiger partial charge is 0.127 e. The average molecular weight is 212 g/mol. The maximum absolute atomic E-state index is 2.31. The van der Waals surface area contributed by atoms with Gasteiger partial charge in [0.25, 0.3) is 0 Å². The number of hydrogen-bond acceptors (Lipinski definition) is 1. The van der Waals surface area contributed by atoms with Crippen LogP contribution in [0.5, 0.6) is 0 Å². The summed E-state index contributed by atoms with van der Waals surface area (Å²) in [6, 6.07) is 4.42. The van der Waals surface area contributed by atoms with Crippen molar-refractivity contribution in [2.75, 3.05) is 33.2 Å². The number of quaternary nitrogens is 2. The zero-order valence-electron chi connectivity index (χ0n) is 8.88. The number of hydrogen-bond donors (Lipinski definition) is 2. The molecule has 0 radical (unpaired) electrons. The molecule has 2 heterocycles. The molecular weight excluding hydrogens is 192 g/mol. The molecule has 2 nitrogen and oxygen atoms in total. The summed E-state index contributed by atoms with van der Waals surface area (Å²) in [6.45, 7) is 6.62. The Balaban J connectivity index is 1.86. The zero-order chi connectivity index (χ0) is 9.80. The minimum absolute atomic E-state index is 1.24. The van der Waals surface area contributed by atoms with Crippen LogP contribution in [-0.2, 0) is 6.54 Å². The van der Waals surface area contributed by atoms with E-state index in [4.69, 9.17) is 0 Å². The van der Waals surface area contributed by atoms with Gasteiger partial charge in [-0.3, -0.25) is 0 Å². The molecule has 3 heteroatoms. The Morgan fingerprint density at radius 1 is 1.29 bits per heavy atom. The van der Waals surface area contributed by atoms with Crippen LogP contribution in [0.15, 0.2) is 17.5 Å². The van der Waals surface area contributed by atoms with Crippen molar-refractivity contribution in [1.29, 1.82) is 0 Å². The van der Waals surface area contributed by atoms with Gasteiger partial charge in [0, 0.05) is 6.42 Å². The van der Waals surface area contributed by atoms with Gasteiger partial charge in [-0.2, -0.15) is 0 Å². The fourth-order valence-corrected chi connectivity index (χ4v) is 2.89. The summed E-state index contributed by atoms with van der Waals surface area (Å²) in [5, 5.41) is 2.18. The SMILES string of the molecule is C[NH+]1CCC[NH+](Cc2cccs2)CC1. The lowest BCUT2D eigenvalue weighted by molar-refractivity contribution is -0.938. The molecular formula is C11H20N2S+2. The van der Waals surface area contributed by atoms with E-state index < -0.39 is 0 Å². The predicted molar refractivity (Wildman–Crippen MR) is 60.0 cm³/mol. The van der Waals surface area contributed by atoms with Crippen molar-refractivity contribution in [3.63, 3.8) is 0 Å². The summed E-state index contributed by atoms with van der Waals surface area (Å²) in [5.74, 6) is 0. The minimum atomic E-state index is 1.24. The Kier molecular flexibility index (Phi) is 3.56. The third-order valence-electron chi connectivity index (χ3n) is 3.04. The summed E-state index contributed by atoms with van der Waals surface area (Å²) >= 11 is 1.90. The van der Waals surface area contributed by atoms with Gasteiger partial charge in [0.2, 0.25) is 0 Å². The Hall–Kier alpha value is -0.380. The van der Waals surface area contributed by atoms with E-state index in [0.717, 1.165) is 0 Å². The number of rotatable bonds is 2. The van der Waals surface area contributed by atoms with Gasteiger partial charge in [-0.25, -0.2) is 0 Å². The van der Waals surface area contributed by atoms with Crippen molar-refractivity contribution in [3.8, 4) is 0 Å². The largest absolute Gasteiger partial charge is 0.333 e. The summed E-state index contributed by atoms with van der Waals surface area (Å²) < 4.78 is 0. The Morgan fingerprint density at radius 2 is 2.21 bits per heavy atom. The van der Waals surface area contributed by atoms with E-state index in [1.165, 1.54) is 39.1 Å². The van der Waals surface area contributed by atoms with Crippen LogP contribution < -0.4 is 9.80 Å². The number of thiophene rings is 1. The highest BCUT2D eigenvalue weighted by Crippen LogP contribution is 2.05. The zero-order valence-corrected chi connectivity index (χ0v) is 9.70. The van der Waals surface area contributed by atoms with Gasteiger partial charge in [0.05, 0.1) is 25.0 Å². The molecule has 2 N–H and O–H groups in total. The lowest BCUT2D eigenvalue weighted by atomic mass is 10.3. The van der Waals surface area contributed by atoms with Crippen LogP contribution in [0.2, 0.25) is 0 Å². The molecule has 0 saturated carbocycles. The average Bonchev–Trinajstić information content (AvgIpc) is 2.58. The first kappa shape index (κ1) is 10.1. The molecule has 0 spiro atoms. The van der Waals surface area contributed by atoms with Crippen LogP contribution in [0.1, 0.15) is 11.3 Å². The third kappa shape index (κ3) is 2.80. The first-order valence-corrected chi connectivity index (χ1v) is 6.40. The van der Waals surface area contributed by atoms with Gasteiger partial charge in [-0.15, -0.1) is 11.3 Å². The monoisotopic (exact) mass is 212 g/mol. The van der Waals surface area contributed by atoms with E-state index in [2.05, 4.69) is 24.6 Å². The topological polar surface area (TPSA) is 8.88 Å². The van der Waals surface area contributed by atoms with Gasteiger partial charge in [0.1, 0.15) is 19.6 Å². The lowest BCUT2D eigenvalue weighted by Gasteiger charge is -2.14. The third-order valence-corrected chi connectivity index (χ3v) is 3.92. The van der Waals surface area contributed by atoms with Gasteiger partial charge in [0.15, 0.2) is 0 Å². The summed E-state index contributed by atoms with van der Waals surface area (Å²) in [4.78, 5) is 5.01. The van der Waals surface area contributed by atoms with Gasteiger partial charge >= 0.3 is 0 Å². The summed E-state index contributed by atoms with van der Waals surface area (Å²) in [5.41, 5.74) is 0. The fourth-order valence-electron chi connectivity index (χ4n) is 2.12. The van der Waals surface area contributed by atoms with Crippen LogP contribution in [0, 0.1) is 0 Å². The van der Waals surface area contributed by atoms with Crippen molar-refractivity contribution in [3.05, 3.63) is 22.4 Å². The van der Waals surface area contributed by atoms with Crippen molar-refractivity contribution >= 4 is 11.3 Å². The van der Waals surface area contributed by atoms with E-state index in [-0.39, 0.29) is 0 Å². The molecule has 0 aromatic carbocycles. The van der Waals surface area contributed by atoms with Gasteiger partial charge < -0.3 is 9.80 Å². The molecule has 1 aromatic heterocycles. The second-order valence-corrected chi connectivity index (χ2v) is 5.35. The molecule has 1 aliphatic heterocycles. The molecule has 1 saturated heterocycles. The second kappa shape index (κ2) is 4.91. The van der Waals surface area contributed by atoms with Crippen molar-refractivity contribution in [2.45, 2.75) is 13.0 Å². The number of nitrogens with one attached hydrogen (secondary N) is 2. The number of likely N-dealkylation sites (N-methyl/N-ethyl adjacent to an activating group) is 1. The van der Waals surface area contributed by atoms with Gasteiger partial charge in [-0.05, 0) is 11.4 Å². The first-order valence-electron chi connectivity index (χ1n) is 5.52. The molecule has 0 bridgehead atoms. The summed E-state index contributed by atoms with van der Waals surface area (Å²) in [7, 11) is 2.31. The Labute approximate surface area is 90.1 Å². The molecule has 2 unspecified atom stereocenters. The first-order chi connectivity index (χ1) is 6.84. The lowest BCUT2D eigenvalue weighted by Crippen LogP contribution is -3.15. The van der Waals surface area contributed by atoms with Crippen molar-refractivity contribution < 1.29 is 9.80 Å². The maximum atomic E-state index is 2.31. The van der Waals surface area contributed by atoms with E-state index in [9.17, 15) is 0 Å². The Morgan fingerprint density at radius 3 is 3.00 bits per heavy atom. The van der Waals surface area contributed by atoms with E-state index in [0.29, 0.717) is 0 Å². The van der Waals surface area contributed by atoms with Crippen LogP contribution in [0.3, 0.4) is 0 Å². The van der Waals surface area contributed by atoms with Crippen LogP contribution >= 0.6 is 11.3 Å².